The summed E-state index contributed by atoms with van der Waals surface area (Å²) in [6.07, 6.45) is 1.53. The second-order valence-corrected chi connectivity index (χ2v) is 2.79. The van der Waals surface area contributed by atoms with Crippen LogP contribution in [0, 0.1) is 11.3 Å². The van der Waals surface area contributed by atoms with Crippen molar-refractivity contribution in [3.8, 4) is 0 Å². The maximum atomic E-state index is 10.6. The smallest absolute Gasteiger partial charge is 0.220 e. The van der Waals surface area contributed by atoms with Crippen molar-refractivity contribution in [1.29, 1.82) is 5.41 Å². The van der Waals surface area contributed by atoms with Gasteiger partial charge in [0.15, 0.2) is 5.96 Å². The lowest BCUT2D eigenvalue weighted by Crippen LogP contribution is -2.31. The van der Waals surface area contributed by atoms with Crippen molar-refractivity contribution in [1.82, 2.24) is 5.32 Å². The first-order valence-electron chi connectivity index (χ1n) is 3.91. The van der Waals surface area contributed by atoms with Gasteiger partial charge in [0.2, 0.25) is 5.91 Å². The average Bonchev–Trinajstić information content (AvgIpc) is 1.97. The number of carbonyl (C=O) groups excluding carboxylic acids is 1. The molecule has 0 aliphatic heterocycles. The van der Waals surface area contributed by atoms with Crippen molar-refractivity contribution >= 4 is 11.9 Å². The first kappa shape index (κ1) is 10.7. The summed E-state index contributed by atoms with van der Waals surface area (Å²) in [5.74, 6) is -0.418. The zero-order valence-corrected chi connectivity index (χ0v) is 7.26. The molecule has 1 amide bonds. The van der Waals surface area contributed by atoms with Gasteiger partial charge in [0, 0.05) is 12.5 Å². The maximum absolute atomic E-state index is 10.6. The van der Waals surface area contributed by atoms with Crippen LogP contribution in [0.3, 0.4) is 0 Å². The lowest BCUT2D eigenvalue weighted by molar-refractivity contribution is -0.121. The van der Waals surface area contributed by atoms with E-state index in [1.165, 1.54) is 0 Å². The molecule has 0 fully saturated rings. The number of nitrogens with one attached hydrogen (secondary N) is 2. The van der Waals surface area contributed by atoms with Gasteiger partial charge in [-0.25, -0.2) is 0 Å². The molecule has 0 heterocycles. The summed E-state index contributed by atoms with van der Waals surface area (Å²) >= 11 is 0. The van der Waals surface area contributed by atoms with Gasteiger partial charge in [-0.3, -0.25) is 10.2 Å². The van der Waals surface area contributed by atoms with Gasteiger partial charge in [-0.2, -0.15) is 0 Å². The normalized spacial score (nSPS) is 12.1. The summed E-state index contributed by atoms with van der Waals surface area (Å²) in [6, 6.07) is 0. The third-order valence-corrected chi connectivity index (χ3v) is 1.62. The van der Waals surface area contributed by atoms with E-state index in [0.717, 1.165) is 12.8 Å². The van der Waals surface area contributed by atoms with Crippen LogP contribution in [-0.2, 0) is 4.79 Å². The molecule has 0 spiro atoms. The number of hydrogen-bond acceptors (Lipinski definition) is 2. The second kappa shape index (κ2) is 5.40. The number of rotatable bonds is 5. The van der Waals surface area contributed by atoms with E-state index in [1.807, 2.05) is 0 Å². The molecule has 0 rings (SSSR count). The first-order chi connectivity index (χ1) is 5.54. The van der Waals surface area contributed by atoms with E-state index in [9.17, 15) is 4.79 Å². The van der Waals surface area contributed by atoms with Crippen LogP contribution in [0.4, 0.5) is 0 Å². The highest BCUT2D eigenvalue weighted by atomic mass is 16.1. The number of amides is 1. The third-order valence-electron chi connectivity index (χ3n) is 1.62. The number of guanidine groups is 1. The van der Waals surface area contributed by atoms with E-state index >= 15 is 0 Å². The standard InChI is InChI=1S/C7H16N4O/c1-5(6(8)12)3-2-4-11-7(9)10/h5H,2-4H2,1H3,(H2,8,12)(H4,9,10,11)/t5-/m1/s1. The number of nitrogens with two attached hydrogens (primary N) is 2. The first-order valence-corrected chi connectivity index (χ1v) is 3.91. The number of carbonyl (C=O) groups is 1. The lowest BCUT2D eigenvalue weighted by Gasteiger charge is -2.06. The maximum Gasteiger partial charge on any atom is 0.220 e. The quantitative estimate of drug-likeness (QED) is 0.252. The fourth-order valence-corrected chi connectivity index (χ4v) is 0.774. The van der Waals surface area contributed by atoms with Gasteiger partial charge in [0.05, 0.1) is 0 Å². The summed E-state index contributed by atoms with van der Waals surface area (Å²) in [7, 11) is 0. The van der Waals surface area contributed by atoms with Crippen molar-refractivity contribution in [2.24, 2.45) is 17.4 Å². The molecule has 5 heteroatoms. The Balaban J connectivity index is 3.31. The Kier molecular flexibility index (Phi) is 4.83. The van der Waals surface area contributed by atoms with Crippen LogP contribution in [0.5, 0.6) is 0 Å². The van der Waals surface area contributed by atoms with Crippen molar-refractivity contribution in [3.05, 3.63) is 0 Å². The molecule has 0 aliphatic rings. The highest BCUT2D eigenvalue weighted by Gasteiger charge is 2.06. The molecule has 0 aromatic carbocycles. The molecule has 0 bridgehead atoms. The molecular formula is C7H16N4O. The molecule has 0 aliphatic carbocycles. The van der Waals surface area contributed by atoms with Crippen molar-refractivity contribution in [2.45, 2.75) is 19.8 Å². The number of primary amides is 1. The summed E-state index contributed by atoms with van der Waals surface area (Å²) in [5, 5.41) is 9.49. The van der Waals surface area contributed by atoms with Gasteiger partial charge < -0.3 is 16.8 Å². The predicted octanol–water partition coefficient (Wildman–Crippen LogP) is -0.629. The Bertz CT molecular complexity index is 169. The molecule has 12 heavy (non-hydrogen) atoms. The van der Waals surface area contributed by atoms with Crippen LogP contribution in [0.1, 0.15) is 19.8 Å². The van der Waals surface area contributed by atoms with Crippen LogP contribution < -0.4 is 16.8 Å². The number of hydrogen-bond donors (Lipinski definition) is 4. The van der Waals surface area contributed by atoms with E-state index in [0.29, 0.717) is 6.54 Å². The SMILES string of the molecule is C[C@H](CCCNC(=N)N)C(N)=O. The Labute approximate surface area is 72.0 Å². The van der Waals surface area contributed by atoms with Crippen LogP contribution in [0.25, 0.3) is 0 Å². The summed E-state index contributed by atoms with van der Waals surface area (Å²) in [4.78, 5) is 10.6. The molecule has 70 valence electrons. The molecule has 0 aromatic rings. The zero-order chi connectivity index (χ0) is 9.56. The van der Waals surface area contributed by atoms with Gasteiger partial charge in [0.25, 0.3) is 0 Å². The Morgan fingerprint density at radius 3 is 2.58 bits per heavy atom. The van der Waals surface area contributed by atoms with Crippen LogP contribution in [0.2, 0.25) is 0 Å². The van der Waals surface area contributed by atoms with E-state index in [-0.39, 0.29) is 17.8 Å². The van der Waals surface area contributed by atoms with E-state index in [2.05, 4.69) is 5.32 Å². The van der Waals surface area contributed by atoms with Gasteiger partial charge in [-0.05, 0) is 12.8 Å². The van der Waals surface area contributed by atoms with Gasteiger partial charge >= 0.3 is 0 Å². The van der Waals surface area contributed by atoms with Crippen LogP contribution in [-0.4, -0.2) is 18.4 Å². The summed E-state index contributed by atoms with van der Waals surface area (Å²) < 4.78 is 0. The molecule has 0 radical (unpaired) electrons. The van der Waals surface area contributed by atoms with Crippen molar-refractivity contribution in [2.75, 3.05) is 6.54 Å². The van der Waals surface area contributed by atoms with Crippen molar-refractivity contribution in [3.63, 3.8) is 0 Å². The third kappa shape index (κ3) is 5.52. The Morgan fingerprint density at radius 1 is 1.58 bits per heavy atom. The van der Waals surface area contributed by atoms with Gasteiger partial charge in [-0.15, -0.1) is 0 Å². The molecule has 0 unspecified atom stereocenters. The Morgan fingerprint density at radius 2 is 2.17 bits per heavy atom. The minimum atomic E-state index is -0.280. The zero-order valence-electron chi connectivity index (χ0n) is 7.26. The molecule has 0 aromatic heterocycles. The molecular weight excluding hydrogens is 156 g/mol. The Hall–Kier alpha value is -1.26. The molecule has 0 saturated carbocycles. The minimum Gasteiger partial charge on any atom is -0.370 e. The van der Waals surface area contributed by atoms with Gasteiger partial charge in [0.1, 0.15) is 0 Å². The van der Waals surface area contributed by atoms with E-state index < -0.39 is 0 Å². The van der Waals surface area contributed by atoms with Crippen LogP contribution >= 0.6 is 0 Å². The highest BCUT2D eigenvalue weighted by molar-refractivity contribution is 5.76. The molecule has 1 atom stereocenters. The molecule has 5 nitrogen and oxygen atoms in total. The largest absolute Gasteiger partial charge is 0.370 e. The fraction of sp³-hybridized carbons (Fsp3) is 0.714. The monoisotopic (exact) mass is 172 g/mol. The summed E-state index contributed by atoms with van der Waals surface area (Å²) in [6.45, 7) is 2.41. The fourth-order valence-electron chi connectivity index (χ4n) is 0.774. The summed E-state index contributed by atoms with van der Waals surface area (Å²) in [5.41, 5.74) is 10.1. The predicted molar refractivity (Wildman–Crippen MR) is 47.5 cm³/mol. The topological polar surface area (TPSA) is 105 Å². The highest BCUT2D eigenvalue weighted by Crippen LogP contribution is 2.02. The molecule has 6 N–H and O–H groups in total. The lowest BCUT2D eigenvalue weighted by atomic mass is 10.1. The van der Waals surface area contributed by atoms with Crippen LogP contribution in [0.15, 0.2) is 0 Å². The van der Waals surface area contributed by atoms with Crippen molar-refractivity contribution < 1.29 is 4.79 Å². The van der Waals surface area contributed by atoms with E-state index in [1.54, 1.807) is 6.92 Å². The molecule has 0 saturated heterocycles. The second-order valence-electron chi connectivity index (χ2n) is 2.79. The minimum absolute atomic E-state index is 0.0401. The van der Waals surface area contributed by atoms with E-state index in [4.69, 9.17) is 16.9 Å². The van der Waals surface area contributed by atoms with Gasteiger partial charge in [-0.1, -0.05) is 6.92 Å². The average molecular weight is 172 g/mol.